The van der Waals surface area contributed by atoms with Gasteiger partial charge in [0.25, 0.3) is 0 Å². The van der Waals surface area contributed by atoms with Crippen LogP contribution in [0.5, 0.6) is 0 Å². The fourth-order valence-corrected chi connectivity index (χ4v) is 3.50. The minimum atomic E-state index is -4.52. The first-order valence-electron chi connectivity index (χ1n) is 9.21. The molecule has 2 amide bonds. The molecule has 1 aliphatic rings. The van der Waals surface area contributed by atoms with Crippen molar-refractivity contribution in [1.82, 2.24) is 10.6 Å². The first-order chi connectivity index (χ1) is 13.7. The van der Waals surface area contributed by atoms with Crippen molar-refractivity contribution in [3.63, 3.8) is 0 Å². The summed E-state index contributed by atoms with van der Waals surface area (Å²) in [6.07, 6.45) is -4.53. The average Bonchev–Trinajstić information content (AvgIpc) is 2.68. The highest BCUT2D eigenvalue weighted by molar-refractivity contribution is 6.30. The molecule has 3 rings (SSSR count). The van der Waals surface area contributed by atoms with Crippen LogP contribution >= 0.6 is 11.6 Å². The van der Waals surface area contributed by atoms with E-state index in [1.807, 2.05) is 35.6 Å². The molecule has 2 aromatic rings. The Balaban J connectivity index is 1.74. The van der Waals surface area contributed by atoms with Crippen LogP contribution < -0.4 is 10.6 Å². The Morgan fingerprint density at radius 2 is 1.76 bits per heavy atom. The fraction of sp³-hybridized carbons (Fsp3) is 0.333. The molecule has 0 spiro atoms. The van der Waals surface area contributed by atoms with Crippen LogP contribution in [0.4, 0.5) is 13.2 Å². The Hall–Kier alpha value is -2.54. The molecule has 1 heterocycles. The van der Waals surface area contributed by atoms with Gasteiger partial charge in [0.05, 0.1) is 6.04 Å². The van der Waals surface area contributed by atoms with Crippen molar-refractivity contribution in [3.8, 4) is 0 Å². The van der Waals surface area contributed by atoms with E-state index in [0.29, 0.717) is 11.4 Å². The number of nitrogens with one attached hydrogen (secondary N) is 2. The molecule has 1 aliphatic heterocycles. The number of carbonyl (C=O) groups is 2. The van der Waals surface area contributed by atoms with E-state index in [1.165, 1.54) is 0 Å². The molecule has 3 unspecified atom stereocenters. The quantitative estimate of drug-likeness (QED) is 0.707. The summed E-state index contributed by atoms with van der Waals surface area (Å²) in [4.78, 5) is 24.9. The third kappa shape index (κ3) is 5.50. The summed E-state index contributed by atoms with van der Waals surface area (Å²) in [6.45, 7) is 0. The van der Waals surface area contributed by atoms with Crippen LogP contribution in [-0.4, -0.2) is 24.0 Å². The van der Waals surface area contributed by atoms with Gasteiger partial charge in [-0.3, -0.25) is 9.59 Å². The average molecular weight is 425 g/mol. The van der Waals surface area contributed by atoms with Gasteiger partial charge in [-0.05, 0) is 42.5 Å². The van der Waals surface area contributed by atoms with Crippen LogP contribution in [0.15, 0.2) is 54.6 Å². The number of halogens is 4. The Morgan fingerprint density at radius 1 is 1.10 bits per heavy atom. The van der Waals surface area contributed by atoms with Crippen molar-refractivity contribution in [2.75, 3.05) is 0 Å². The van der Waals surface area contributed by atoms with Crippen LogP contribution in [-0.2, 0) is 16.0 Å². The van der Waals surface area contributed by atoms with Crippen molar-refractivity contribution in [2.24, 2.45) is 5.92 Å². The lowest BCUT2D eigenvalue weighted by Crippen LogP contribution is -2.54. The van der Waals surface area contributed by atoms with Crippen molar-refractivity contribution < 1.29 is 22.8 Å². The van der Waals surface area contributed by atoms with Gasteiger partial charge < -0.3 is 10.6 Å². The van der Waals surface area contributed by atoms with E-state index in [4.69, 9.17) is 11.6 Å². The van der Waals surface area contributed by atoms with Crippen LogP contribution in [0.25, 0.3) is 0 Å². The molecule has 3 atom stereocenters. The zero-order valence-electron chi connectivity index (χ0n) is 15.4. The van der Waals surface area contributed by atoms with Gasteiger partial charge in [-0.2, -0.15) is 13.2 Å². The first-order valence-corrected chi connectivity index (χ1v) is 9.58. The van der Waals surface area contributed by atoms with Gasteiger partial charge >= 0.3 is 6.18 Å². The summed E-state index contributed by atoms with van der Waals surface area (Å²) in [5, 5.41) is 5.29. The molecule has 29 heavy (non-hydrogen) atoms. The Morgan fingerprint density at radius 3 is 2.34 bits per heavy atom. The van der Waals surface area contributed by atoms with E-state index in [1.54, 1.807) is 24.3 Å². The van der Waals surface area contributed by atoms with Gasteiger partial charge in [-0.25, -0.2) is 0 Å². The number of hydrogen-bond donors (Lipinski definition) is 2. The molecule has 4 nitrogen and oxygen atoms in total. The Bertz CT molecular complexity index is 856. The molecule has 1 fully saturated rings. The van der Waals surface area contributed by atoms with Gasteiger partial charge in [0.1, 0.15) is 12.0 Å². The van der Waals surface area contributed by atoms with Crippen LogP contribution in [0.2, 0.25) is 5.02 Å². The van der Waals surface area contributed by atoms with Gasteiger partial charge in [-0.1, -0.05) is 54.1 Å². The lowest BCUT2D eigenvalue weighted by molar-refractivity contribution is -0.171. The second-order valence-electron chi connectivity index (χ2n) is 7.04. The van der Waals surface area contributed by atoms with Gasteiger partial charge in [0.2, 0.25) is 11.8 Å². The molecule has 0 radical (unpaired) electrons. The molecule has 0 bridgehead atoms. The Kier molecular flexibility index (Phi) is 6.47. The minimum Gasteiger partial charge on any atom is -0.348 e. The highest BCUT2D eigenvalue weighted by Crippen LogP contribution is 2.29. The van der Waals surface area contributed by atoms with Crippen LogP contribution in [0.1, 0.15) is 30.0 Å². The molecular formula is C21H20ClF3N2O2. The van der Waals surface area contributed by atoms with E-state index < -0.39 is 36.0 Å². The summed E-state index contributed by atoms with van der Waals surface area (Å²) < 4.78 is 38.5. The fourth-order valence-electron chi connectivity index (χ4n) is 3.37. The zero-order chi connectivity index (χ0) is 21.0. The highest BCUT2D eigenvalue weighted by atomic mass is 35.5. The minimum absolute atomic E-state index is 0.152. The van der Waals surface area contributed by atoms with E-state index in [9.17, 15) is 22.8 Å². The molecule has 154 valence electrons. The number of amides is 2. The summed E-state index contributed by atoms with van der Waals surface area (Å²) in [7, 11) is 0. The first kappa shape index (κ1) is 21.2. The lowest BCUT2D eigenvalue weighted by atomic mass is 9.91. The second-order valence-corrected chi connectivity index (χ2v) is 7.47. The lowest BCUT2D eigenvalue weighted by Gasteiger charge is -2.31. The zero-order valence-corrected chi connectivity index (χ0v) is 16.1. The maximum atomic E-state index is 12.8. The monoisotopic (exact) mass is 424 g/mol. The number of rotatable bonds is 5. The van der Waals surface area contributed by atoms with E-state index in [0.717, 1.165) is 11.1 Å². The third-order valence-electron chi connectivity index (χ3n) is 4.96. The predicted molar refractivity (Wildman–Crippen MR) is 103 cm³/mol. The molecule has 0 aromatic heterocycles. The molecule has 2 N–H and O–H groups in total. The van der Waals surface area contributed by atoms with Crippen LogP contribution in [0, 0.1) is 5.92 Å². The number of carbonyl (C=O) groups excluding carboxylic acids is 2. The molecular weight excluding hydrogens is 405 g/mol. The number of benzene rings is 2. The summed E-state index contributed by atoms with van der Waals surface area (Å²) in [6, 6.07) is 14.0. The molecule has 0 saturated carbocycles. The second kappa shape index (κ2) is 8.86. The molecule has 8 heteroatoms. The number of hydrogen-bond acceptors (Lipinski definition) is 2. The number of piperidine rings is 1. The molecule has 0 aliphatic carbocycles. The molecule has 2 aromatic carbocycles. The highest BCUT2D eigenvalue weighted by Gasteiger charge is 2.46. The van der Waals surface area contributed by atoms with Crippen LogP contribution in [0.3, 0.4) is 0 Å². The van der Waals surface area contributed by atoms with Gasteiger partial charge in [0.15, 0.2) is 0 Å². The summed E-state index contributed by atoms with van der Waals surface area (Å²) in [5.74, 6) is -2.64. The van der Waals surface area contributed by atoms with Gasteiger partial charge in [-0.15, -0.1) is 0 Å². The molecule has 1 saturated heterocycles. The standard InChI is InChI=1S/C21H20ClF3N2O2/c22-15-8-6-14(7-9-15)17(12-13-4-2-1-3-5-13)26-19(28)16-10-11-18(21(23,24)25)27-20(16)29/h1-9,16-18H,10-12H2,(H,26,28)(H,27,29). The van der Waals surface area contributed by atoms with E-state index >= 15 is 0 Å². The smallest absolute Gasteiger partial charge is 0.348 e. The largest absolute Gasteiger partial charge is 0.408 e. The van der Waals surface area contributed by atoms with E-state index in [2.05, 4.69) is 5.32 Å². The van der Waals surface area contributed by atoms with Gasteiger partial charge in [0, 0.05) is 5.02 Å². The Labute approximate surface area is 171 Å². The van der Waals surface area contributed by atoms with Crippen molar-refractivity contribution >= 4 is 23.4 Å². The van der Waals surface area contributed by atoms with E-state index in [-0.39, 0.29) is 12.8 Å². The third-order valence-corrected chi connectivity index (χ3v) is 5.21. The van der Waals surface area contributed by atoms with Crippen molar-refractivity contribution in [2.45, 2.75) is 37.5 Å². The maximum absolute atomic E-state index is 12.8. The predicted octanol–water partition coefficient (Wildman–Crippen LogP) is 4.20. The summed E-state index contributed by atoms with van der Waals surface area (Å²) in [5.41, 5.74) is 1.76. The summed E-state index contributed by atoms with van der Waals surface area (Å²) >= 11 is 5.94. The normalized spacial score (nSPS) is 20.6. The van der Waals surface area contributed by atoms with Crippen molar-refractivity contribution in [1.29, 1.82) is 0 Å². The number of alkyl halides is 3. The topological polar surface area (TPSA) is 58.2 Å². The van der Waals surface area contributed by atoms with Crippen molar-refractivity contribution in [3.05, 3.63) is 70.7 Å². The maximum Gasteiger partial charge on any atom is 0.408 e. The SMILES string of the molecule is O=C(NC(Cc1ccccc1)c1ccc(Cl)cc1)C1CCC(C(F)(F)F)NC1=O.